The topological polar surface area (TPSA) is 46.8 Å². The van der Waals surface area contributed by atoms with Gasteiger partial charge in [0.05, 0.1) is 17.3 Å². The SMILES string of the molecule is CCN(CC)c1ncnc2c1cnn2-c1cccc(Br)c1. The minimum absolute atomic E-state index is 0.824. The summed E-state index contributed by atoms with van der Waals surface area (Å²) in [6.07, 6.45) is 3.44. The van der Waals surface area contributed by atoms with Crippen LogP contribution >= 0.6 is 15.9 Å². The zero-order chi connectivity index (χ0) is 14.8. The van der Waals surface area contributed by atoms with Crippen LogP contribution in [0.15, 0.2) is 41.3 Å². The molecule has 0 aliphatic rings. The molecule has 0 bridgehead atoms. The highest BCUT2D eigenvalue weighted by Gasteiger charge is 2.14. The van der Waals surface area contributed by atoms with E-state index in [0.717, 1.165) is 40.1 Å². The van der Waals surface area contributed by atoms with Crippen LogP contribution in [0, 0.1) is 0 Å². The molecule has 0 N–H and O–H groups in total. The molecule has 108 valence electrons. The first kappa shape index (κ1) is 14.0. The molecule has 0 saturated heterocycles. The molecule has 2 aromatic heterocycles. The molecule has 0 unspecified atom stereocenters. The quantitative estimate of drug-likeness (QED) is 0.726. The first-order valence-corrected chi connectivity index (χ1v) is 7.73. The lowest BCUT2D eigenvalue weighted by atomic mass is 10.3. The van der Waals surface area contributed by atoms with Crippen LogP contribution in [0.2, 0.25) is 0 Å². The number of rotatable bonds is 4. The monoisotopic (exact) mass is 345 g/mol. The highest BCUT2D eigenvalue weighted by Crippen LogP contribution is 2.25. The summed E-state index contributed by atoms with van der Waals surface area (Å²) in [5.41, 5.74) is 1.80. The maximum atomic E-state index is 4.48. The Morgan fingerprint density at radius 1 is 1.19 bits per heavy atom. The average molecular weight is 346 g/mol. The fraction of sp³-hybridized carbons (Fsp3) is 0.267. The standard InChI is InChI=1S/C15H16BrN5/c1-3-20(4-2)14-13-9-19-21(15(13)18-10-17-14)12-7-5-6-11(16)8-12/h5-10H,3-4H2,1-2H3. The molecule has 0 fully saturated rings. The van der Waals surface area contributed by atoms with Crippen LogP contribution in [0.4, 0.5) is 5.82 Å². The number of fused-ring (bicyclic) bond motifs is 1. The Morgan fingerprint density at radius 3 is 2.71 bits per heavy atom. The van der Waals surface area contributed by atoms with Crippen molar-refractivity contribution in [2.45, 2.75) is 13.8 Å². The van der Waals surface area contributed by atoms with E-state index in [1.54, 1.807) is 6.33 Å². The van der Waals surface area contributed by atoms with Crippen LogP contribution in [0.25, 0.3) is 16.7 Å². The van der Waals surface area contributed by atoms with Gasteiger partial charge in [-0.05, 0) is 32.0 Å². The molecule has 0 radical (unpaired) electrons. The van der Waals surface area contributed by atoms with Gasteiger partial charge in [0.15, 0.2) is 5.65 Å². The van der Waals surface area contributed by atoms with Crippen LogP contribution in [0.3, 0.4) is 0 Å². The van der Waals surface area contributed by atoms with Crippen molar-refractivity contribution >= 4 is 32.8 Å². The minimum Gasteiger partial charge on any atom is -0.356 e. The summed E-state index contributed by atoms with van der Waals surface area (Å²) < 4.78 is 2.86. The van der Waals surface area contributed by atoms with Gasteiger partial charge in [-0.15, -0.1) is 0 Å². The van der Waals surface area contributed by atoms with Crippen molar-refractivity contribution in [2.75, 3.05) is 18.0 Å². The second-order valence-electron chi connectivity index (χ2n) is 4.64. The first-order chi connectivity index (χ1) is 10.2. The third-order valence-corrected chi connectivity index (χ3v) is 3.95. The number of nitrogens with zero attached hydrogens (tertiary/aromatic N) is 5. The molecule has 3 aromatic rings. The Hall–Kier alpha value is -1.95. The summed E-state index contributed by atoms with van der Waals surface area (Å²) in [4.78, 5) is 11.0. The van der Waals surface area contributed by atoms with Crippen molar-refractivity contribution < 1.29 is 0 Å². The van der Waals surface area contributed by atoms with Gasteiger partial charge < -0.3 is 4.90 Å². The van der Waals surface area contributed by atoms with Crippen molar-refractivity contribution in [3.8, 4) is 5.69 Å². The molecule has 21 heavy (non-hydrogen) atoms. The third-order valence-electron chi connectivity index (χ3n) is 3.46. The van der Waals surface area contributed by atoms with Gasteiger partial charge in [0, 0.05) is 17.6 Å². The number of aromatic nitrogens is 4. The van der Waals surface area contributed by atoms with E-state index >= 15 is 0 Å². The third kappa shape index (κ3) is 2.51. The van der Waals surface area contributed by atoms with E-state index in [0.29, 0.717) is 0 Å². The molecular weight excluding hydrogens is 330 g/mol. The predicted octanol–water partition coefficient (Wildman–Crippen LogP) is 3.42. The van der Waals surface area contributed by atoms with Crippen LogP contribution in [-0.4, -0.2) is 32.8 Å². The van der Waals surface area contributed by atoms with Crippen molar-refractivity contribution in [1.29, 1.82) is 0 Å². The molecule has 5 nitrogen and oxygen atoms in total. The van der Waals surface area contributed by atoms with Crippen molar-refractivity contribution in [3.05, 3.63) is 41.3 Å². The Labute approximate surface area is 131 Å². The zero-order valence-electron chi connectivity index (χ0n) is 12.0. The fourth-order valence-corrected chi connectivity index (χ4v) is 2.79. The van der Waals surface area contributed by atoms with Gasteiger partial charge >= 0.3 is 0 Å². The molecule has 0 saturated carbocycles. The average Bonchev–Trinajstić information content (AvgIpc) is 2.93. The van der Waals surface area contributed by atoms with E-state index < -0.39 is 0 Å². The molecule has 0 spiro atoms. The normalized spacial score (nSPS) is 11.0. The summed E-state index contributed by atoms with van der Waals surface area (Å²) in [5.74, 6) is 0.936. The van der Waals surface area contributed by atoms with Gasteiger partial charge in [0.1, 0.15) is 12.1 Å². The lowest BCUT2D eigenvalue weighted by molar-refractivity contribution is 0.847. The lowest BCUT2D eigenvalue weighted by Crippen LogP contribution is -2.23. The van der Waals surface area contributed by atoms with Gasteiger partial charge in [-0.2, -0.15) is 5.10 Å². The van der Waals surface area contributed by atoms with E-state index in [2.05, 4.69) is 49.7 Å². The Kier molecular flexibility index (Phi) is 3.88. The molecule has 1 aromatic carbocycles. The molecule has 0 amide bonds. The summed E-state index contributed by atoms with van der Waals surface area (Å²) in [7, 11) is 0. The second-order valence-corrected chi connectivity index (χ2v) is 5.56. The maximum absolute atomic E-state index is 4.48. The van der Waals surface area contributed by atoms with Gasteiger partial charge in [0.25, 0.3) is 0 Å². The zero-order valence-corrected chi connectivity index (χ0v) is 13.6. The Morgan fingerprint density at radius 2 is 2.00 bits per heavy atom. The van der Waals surface area contributed by atoms with E-state index in [4.69, 9.17) is 0 Å². The van der Waals surface area contributed by atoms with E-state index in [-0.39, 0.29) is 0 Å². The summed E-state index contributed by atoms with van der Waals surface area (Å²) in [6, 6.07) is 8.01. The molecule has 2 heterocycles. The van der Waals surface area contributed by atoms with Crippen LogP contribution in [0.1, 0.15) is 13.8 Å². The summed E-state index contributed by atoms with van der Waals surface area (Å²) >= 11 is 3.49. The Bertz CT molecular complexity index is 764. The molecule has 0 aliphatic heterocycles. The number of halogens is 1. The molecule has 0 atom stereocenters. The molecule has 0 aliphatic carbocycles. The number of anilines is 1. The van der Waals surface area contributed by atoms with Gasteiger partial charge in [0.2, 0.25) is 0 Å². The van der Waals surface area contributed by atoms with Gasteiger partial charge in [-0.3, -0.25) is 0 Å². The van der Waals surface area contributed by atoms with Gasteiger partial charge in [-0.1, -0.05) is 22.0 Å². The summed E-state index contributed by atoms with van der Waals surface area (Å²) in [5, 5.41) is 5.46. The number of hydrogen-bond acceptors (Lipinski definition) is 4. The molecule has 6 heteroatoms. The van der Waals surface area contributed by atoms with Crippen LogP contribution in [0.5, 0.6) is 0 Å². The molecule has 3 rings (SSSR count). The van der Waals surface area contributed by atoms with Crippen LogP contribution in [-0.2, 0) is 0 Å². The van der Waals surface area contributed by atoms with Crippen molar-refractivity contribution in [2.24, 2.45) is 0 Å². The predicted molar refractivity (Wildman–Crippen MR) is 87.9 cm³/mol. The van der Waals surface area contributed by atoms with Crippen molar-refractivity contribution in [1.82, 2.24) is 19.7 Å². The Balaban J connectivity index is 2.17. The highest BCUT2D eigenvalue weighted by molar-refractivity contribution is 9.10. The molecular formula is C15H16BrN5. The highest BCUT2D eigenvalue weighted by atomic mass is 79.9. The largest absolute Gasteiger partial charge is 0.356 e. The van der Waals surface area contributed by atoms with Crippen LogP contribution < -0.4 is 4.90 Å². The smallest absolute Gasteiger partial charge is 0.168 e. The van der Waals surface area contributed by atoms with E-state index in [9.17, 15) is 0 Å². The number of benzene rings is 1. The maximum Gasteiger partial charge on any atom is 0.168 e. The van der Waals surface area contributed by atoms with E-state index in [1.165, 1.54) is 0 Å². The van der Waals surface area contributed by atoms with Gasteiger partial charge in [-0.25, -0.2) is 14.6 Å². The lowest BCUT2D eigenvalue weighted by Gasteiger charge is -2.19. The first-order valence-electron chi connectivity index (χ1n) is 6.94. The number of hydrogen-bond donors (Lipinski definition) is 0. The minimum atomic E-state index is 0.824. The van der Waals surface area contributed by atoms with Crippen molar-refractivity contribution in [3.63, 3.8) is 0 Å². The fourth-order valence-electron chi connectivity index (χ4n) is 2.40. The summed E-state index contributed by atoms with van der Waals surface area (Å²) in [6.45, 7) is 6.06. The van der Waals surface area contributed by atoms with E-state index in [1.807, 2.05) is 35.1 Å². The second kappa shape index (κ2) is 5.81.